The summed E-state index contributed by atoms with van der Waals surface area (Å²) in [6.07, 6.45) is 8.92. The monoisotopic (exact) mass is 276 g/mol. The molecule has 4 bridgehead atoms. The summed E-state index contributed by atoms with van der Waals surface area (Å²) in [5.41, 5.74) is 0.0232. The Balaban J connectivity index is 1.45. The molecule has 0 aromatic rings. The van der Waals surface area contributed by atoms with Gasteiger partial charge in [0, 0.05) is 18.0 Å². The molecule has 1 saturated heterocycles. The maximum absolute atomic E-state index is 12.9. The van der Waals surface area contributed by atoms with E-state index in [1.165, 1.54) is 38.5 Å². The van der Waals surface area contributed by atoms with Crippen LogP contribution in [0, 0.1) is 29.1 Å². The fourth-order valence-corrected chi connectivity index (χ4v) is 5.99. The summed E-state index contributed by atoms with van der Waals surface area (Å²) in [4.78, 5) is 12.9. The molecular formula is C17H28N2O. The molecule has 4 aliphatic carbocycles. The summed E-state index contributed by atoms with van der Waals surface area (Å²) < 4.78 is 0. The van der Waals surface area contributed by atoms with Crippen LogP contribution in [0.25, 0.3) is 0 Å². The molecular weight excluding hydrogens is 248 g/mol. The van der Waals surface area contributed by atoms with Crippen LogP contribution < -0.4 is 10.6 Å². The molecule has 3 heteroatoms. The van der Waals surface area contributed by atoms with Gasteiger partial charge in [0.25, 0.3) is 0 Å². The van der Waals surface area contributed by atoms with E-state index in [1.54, 1.807) is 0 Å². The van der Waals surface area contributed by atoms with Crippen molar-refractivity contribution in [2.45, 2.75) is 57.9 Å². The zero-order valence-corrected chi connectivity index (χ0v) is 12.7. The summed E-state index contributed by atoms with van der Waals surface area (Å²) in [5, 5.41) is 6.85. The Morgan fingerprint density at radius 2 is 1.60 bits per heavy atom. The van der Waals surface area contributed by atoms with Crippen LogP contribution in [-0.2, 0) is 4.79 Å². The Labute approximate surface area is 122 Å². The van der Waals surface area contributed by atoms with Crippen LogP contribution >= 0.6 is 0 Å². The van der Waals surface area contributed by atoms with Crippen LogP contribution in [-0.4, -0.2) is 25.0 Å². The molecule has 4 saturated carbocycles. The summed E-state index contributed by atoms with van der Waals surface area (Å²) >= 11 is 0. The quantitative estimate of drug-likeness (QED) is 0.812. The van der Waals surface area contributed by atoms with Gasteiger partial charge in [-0.3, -0.25) is 4.79 Å². The molecule has 112 valence electrons. The zero-order valence-electron chi connectivity index (χ0n) is 12.7. The third-order valence-corrected chi connectivity index (χ3v) is 6.43. The van der Waals surface area contributed by atoms with Gasteiger partial charge in [0.15, 0.2) is 0 Å². The first-order valence-corrected chi connectivity index (χ1v) is 8.65. The van der Waals surface area contributed by atoms with E-state index in [9.17, 15) is 4.79 Å². The second-order valence-electron chi connectivity index (χ2n) is 8.37. The van der Waals surface area contributed by atoms with Crippen molar-refractivity contribution >= 4 is 5.91 Å². The summed E-state index contributed by atoms with van der Waals surface area (Å²) in [6.45, 7) is 4.34. The number of hydrogen-bond donors (Lipinski definition) is 2. The smallest absolute Gasteiger partial charge is 0.226 e. The molecule has 1 heterocycles. The van der Waals surface area contributed by atoms with Gasteiger partial charge < -0.3 is 10.6 Å². The van der Waals surface area contributed by atoms with E-state index in [4.69, 9.17) is 0 Å². The zero-order chi connectivity index (χ0) is 13.7. The minimum absolute atomic E-state index is 0.0232. The molecule has 0 aromatic carbocycles. The first kappa shape index (κ1) is 13.1. The highest BCUT2D eigenvalue weighted by atomic mass is 16.2. The van der Waals surface area contributed by atoms with Gasteiger partial charge in [-0.25, -0.2) is 0 Å². The molecule has 5 rings (SSSR count). The number of hydrogen-bond acceptors (Lipinski definition) is 2. The SMILES string of the molecule is CC1CNCC(NC(=O)C23CC4CC(CC(C4)C2)C3)C1. The molecule has 2 N–H and O–H groups in total. The van der Waals surface area contributed by atoms with E-state index in [1.807, 2.05) is 0 Å². The second-order valence-corrected chi connectivity index (χ2v) is 8.37. The topological polar surface area (TPSA) is 41.1 Å². The van der Waals surface area contributed by atoms with E-state index in [0.717, 1.165) is 37.3 Å². The number of amides is 1. The van der Waals surface area contributed by atoms with Crippen molar-refractivity contribution in [1.82, 2.24) is 10.6 Å². The van der Waals surface area contributed by atoms with E-state index in [0.29, 0.717) is 17.9 Å². The minimum Gasteiger partial charge on any atom is -0.352 e. The number of nitrogens with one attached hydrogen (secondary N) is 2. The van der Waals surface area contributed by atoms with E-state index in [2.05, 4.69) is 17.6 Å². The van der Waals surface area contributed by atoms with E-state index in [-0.39, 0.29) is 5.41 Å². The number of carbonyl (C=O) groups is 1. The lowest BCUT2D eigenvalue weighted by Crippen LogP contribution is -2.57. The summed E-state index contributed by atoms with van der Waals surface area (Å²) in [7, 11) is 0. The van der Waals surface area contributed by atoms with Crippen molar-refractivity contribution in [3.63, 3.8) is 0 Å². The van der Waals surface area contributed by atoms with Crippen molar-refractivity contribution in [2.24, 2.45) is 29.1 Å². The van der Waals surface area contributed by atoms with Gasteiger partial charge in [0.2, 0.25) is 5.91 Å². The summed E-state index contributed by atoms with van der Waals surface area (Å²) in [6, 6.07) is 0.360. The highest BCUT2D eigenvalue weighted by molar-refractivity contribution is 5.83. The van der Waals surface area contributed by atoms with Gasteiger partial charge in [0.1, 0.15) is 0 Å². The summed E-state index contributed by atoms with van der Waals surface area (Å²) in [5.74, 6) is 3.66. The molecule has 20 heavy (non-hydrogen) atoms. The number of rotatable bonds is 2. The highest BCUT2D eigenvalue weighted by Gasteiger charge is 2.54. The van der Waals surface area contributed by atoms with E-state index < -0.39 is 0 Å². The Hall–Kier alpha value is -0.570. The van der Waals surface area contributed by atoms with Crippen molar-refractivity contribution in [3.05, 3.63) is 0 Å². The molecule has 0 aromatic heterocycles. The van der Waals surface area contributed by atoms with Gasteiger partial charge >= 0.3 is 0 Å². The van der Waals surface area contributed by atoms with Crippen molar-refractivity contribution in [1.29, 1.82) is 0 Å². The molecule has 2 unspecified atom stereocenters. The maximum atomic E-state index is 12.9. The lowest BCUT2D eigenvalue weighted by Gasteiger charge is -2.56. The molecule has 1 amide bonds. The largest absolute Gasteiger partial charge is 0.352 e. The molecule has 0 radical (unpaired) electrons. The molecule has 5 aliphatic rings. The van der Waals surface area contributed by atoms with Gasteiger partial charge in [-0.1, -0.05) is 6.92 Å². The lowest BCUT2D eigenvalue weighted by atomic mass is 9.49. The number of piperidine rings is 1. The Morgan fingerprint density at radius 1 is 1.00 bits per heavy atom. The Morgan fingerprint density at radius 3 is 2.15 bits per heavy atom. The molecule has 0 spiro atoms. The normalized spacial score (nSPS) is 50.1. The van der Waals surface area contributed by atoms with Crippen LogP contribution in [0.5, 0.6) is 0 Å². The third kappa shape index (κ3) is 2.18. The van der Waals surface area contributed by atoms with Gasteiger partial charge in [-0.05, 0) is 75.2 Å². The highest BCUT2D eigenvalue weighted by Crippen LogP contribution is 2.60. The van der Waals surface area contributed by atoms with Crippen LogP contribution in [0.4, 0.5) is 0 Å². The minimum atomic E-state index is 0.0232. The maximum Gasteiger partial charge on any atom is 0.226 e. The fourth-order valence-electron chi connectivity index (χ4n) is 5.99. The van der Waals surface area contributed by atoms with Crippen LogP contribution in [0.2, 0.25) is 0 Å². The van der Waals surface area contributed by atoms with Gasteiger partial charge in [-0.15, -0.1) is 0 Å². The molecule has 2 atom stereocenters. The molecule has 1 aliphatic heterocycles. The lowest BCUT2D eigenvalue weighted by molar-refractivity contribution is -0.147. The Kier molecular flexibility index (Phi) is 3.10. The first-order valence-electron chi connectivity index (χ1n) is 8.65. The second kappa shape index (κ2) is 4.72. The third-order valence-electron chi connectivity index (χ3n) is 6.43. The predicted octanol–water partition coefficient (Wildman–Crippen LogP) is 2.32. The Bertz CT molecular complexity index is 371. The van der Waals surface area contributed by atoms with Crippen LogP contribution in [0.15, 0.2) is 0 Å². The molecule has 3 nitrogen and oxygen atoms in total. The predicted molar refractivity (Wildman–Crippen MR) is 79.2 cm³/mol. The average Bonchev–Trinajstić information content (AvgIpc) is 2.37. The van der Waals surface area contributed by atoms with Gasteiger partial charge in [-0.2, -0.15) is 0 Å². The van der Waals surface area contributed by atoms with Crippen molar-refractivity contribution in [2.75, 3.05) is 13.1 Å². The average molecular weight is 276 g/mol. The van der Waals surface area contributed by atoms with Crippen LogP contribution in [0.1, 0.15) is 51.9 Å². The van der Waals surface area contributed by atoms with E-state index >= 15 is 0 Å². The van der Waals surface area contributed by atoms with Crippen molar-refractivity contribution < 1.29 is 4.79 Å². The standard InChI is InChI=1S/C17H28N2O/c1-11-2-15(10-18-9-11)19-16(20)17-6-12-3-13(7-17)5-14(4-12)8-17/h11-15,18H,2-10H2,1H3,(H,19,20). The van der Waals surface area contributed by atoms with Crippen LogP contribution in [0.3, 0.4) is 0 Å². The fraction of sp³-hybridized carbons (Fsp3) is 0.941. The van der Waals surface area contributed by atoms with Gasteiger partial charge in [0.05, 0.1) is 0 Å². The first-order chi connectivity index (χ1) is 9.63. The number of carbonyl (C=O) groups excluding carboxylic acids is 1. The molecule has 5 fully saturated rings. The van der Waals surface area contributed by atoms with Crippen molar-refractivity contribution in [3.8, 4) is 0 Å².